The van der Waals surface area contributed by atoms with E-state index in [1.807, 2.05) is 84.9 Å². The molecule has 510 valence electrons. The quantitative estimate of drug-likeness (QED) is 0.0513. The van der Waals surface area contributed by atoms with Crippen LogP contribution >= 0.6 is 93.1 Å². The number of nitrogen functional groups attached to an aromatic ring is 4. The minimum atomic E-state index is -1.07. The van der Waals surface area contributed by atoms with E-state index in [4.69, 9.17) is 37.3 Å². The number of aliphatic carboxylic acids is 1. The Morgan fingerprint density at radius 2 is 0.959 bits per heavy atom. The van der Waals surface area contributed by atoms with Crippen molar-refractivity contribution in [2.24, 2.45) is 11.8 Å². The third-order valence-electron chi connectivity index (χ3n) is 15.3. The molecule has 0 radical (unpaired) electrons. The first kappa shape index (κ1) is 74.4. The summed E-state index contributed by atoms with van der Waals surface area (Å²) in [6.45, 7) is 13.8. The van der Waals surface area contributed by atoms with Gasteiger partial charge in [0.15, 0.2) is 38.0 Å². The van der Waals surface area contributed by atoms with E-state index in [1.165, 1.54) is 87.3 Å². The van der Waals surface area contributed by atoms with Gasteiger partial charge in [0.05, 0.1) is 47.5 Å². The molecule has 0 unspecified atom stereocenters. The highest BCUT2D eigenvalue weighted by Crippen LogP contribution is 2.40. The van der Waals surface area contributed by atoms with Crippen LogP contribution in [0.5, 0.6) is 0 Å². The van der Waals surface area contributed by atoms with Crippen molar-refractivity contribution in [1.29, 1.82) is 0 Å². The predicted octanol–water partition coefficient (Wildman–Crippen LogP) is 17.3. The first-order valence-electron chi connectivity index (χ1n) is 29.3. The van der Waals surface area contributed by atoms with Crippen molar-refractivity contribution in [3.8, 4) is 22.3 Å². The number of amides is 1. The molecule has 8 heterocycles. The minimum Gasteiger partial charge on any atom is -0.481 e. The molecule has 15 rings (SSSR count). The number of carbonyl (C=O) groups excluding carboxylic acids is 1. The van der Waals surface area contributed by atoms with Gasteiger partial charge in [-0.3, -0.25) is 24.5 Å². The zero-order valence-electron chi connectivity index (χ0n) is 52.8. The molecule has 1 saturated heterocycles. The van der Waals surface area contributed by atoms with Gasteiger partial charge in [-0.15, -0.1) is 0 Å². The summed E-state index contributed by atoms with van der Waals surface area (Å²) >= 11 is 14.6. The summed E-state index contributed by atoms with van der Waals surface area (Å²) in [5, 5.41) is 12.0. The third kappa shape index (κ3) is 18.7. The van der Waals surface area contributed by atoms with Crippen LogP contribution in [-0.4, -0.2) is 82.5 Å². The number of alkyl halides is 2. The number of carboxylic acid groups (broad SMARTS) is 1. The van der Waals surface area contributed by atoms with Crippen molar-refractivity contribution < 1.29 is 54.7 Å². The van der Waals surface area contributed by atoms with Gasteiger partial charge in [0, 0.05) is 61.7 Å². The molecule has 4 atom stereocenters. The number of aryl methyl sites for hydroxylation is 3. The van der Waals surface area contributed by atoms with Crippen LogP contribution in [-0.2, 0) is 18.9 Å². The van der Waals surface area contributed by atoms with Crippen molar-refractivity contribution in [2.45, 2.75) is 84.9 Å². The van der Waals surface area contributed by atoms with Crippen LogP contribution in [0.1, 0.15) is 57.2 Å². The predicted molar refractivity (Wildman–Crippen MR) is 388 cm³/mol. The van der Waals surface area contributed by atoms with Gasteiger partial charge < -0.3 is 42.7 Å². The number of hydrogen-bond donors (Lipinski definition) is 6. The molecule has 3 aliphatic rings. The monoisotopic (exact) mass is 1610 g/mol. The maximum Gasteiger partial charge on any atom is 0.494 e. The van der Waals surface area contributed by atoms with E-state index in [0.29, 0.717) is 61.3 Å². The molecule has 98 heavy (non-hydrogen) atoms. The Morgan fingerprint density at radius 1 is 0.541 bits per heavy atom. The van der Waals surface area contributed by atoms with Gasteiger partial charge in [-0.05, 0) is 195 Å². The zero-order valence-corrected chi connectivity index (χ0v) is 60.8. The van der Waals surface area contributed by atoms with Crippen LogP contribution in [0, 0.1) is 61.7 Å². The number of aromatic nitrogens is 7. The van der Waals surface area contributed by atoms with Crippen molar-refractivity contribution in [1.82, 2.24) is 34.9 Å². The summed E-state index contributed by atoms with van der Waals surface area (Å²) in [6.07, 6.45) is 8.73. The number of fused-ring (bicyclic) bond motifs is 4. The number of benzene rings is 5. The summed E-state index contributed by atoms with van der Waals surface area (Å²) < 4.78 is 110. The molecule has 1 aliphatic heterocycles. The second-order valence-electron chi connectivity index (χ2n) is 23.2. The highest BCUT2D eigenvalue weighted by Gasteiger charge is 2.52. The Labute approximate surface area is 598 Å². The Kier molecular flexibility index (Phi) is 24.0. The highest BCUT2D eigenvalue weighted by atomic mass is 79.9. The molecule has 12 aromatic rings. The van der Waals surface area contributed by atoms with Crippen LogP contribution in [0.15, 0.2) is 136 Å². The van der Waals surface area contributed by atoms with E-state index in [-0.39, 0.29) is 46.6 Å². The number of carbonyl (C=O) groups is 2. The Bertz CT molecular complexity index is 4880. The fourth-order valence-corrected chi connectivity index (χ4v) is 13.5. The van der Waals surface area contributed by atoms with Gasteiger partial charge in [-0.2, -0.15) is 0 Å². The van der Waals surface area contributed by atoms with Gasteiger partial charge in [0.25, 0.3) is 0 Å². The highest BCUT2D eigenvalue weighted by molar-refractivity contribution is 9.11. The molecule has 7 aromatic heterocycles. The molecule has 3 fully saturated rings. The van der Waals surface area contributed by atoms with Crippen LogP contribution in [0.25, 0.3) is 63.1 Å². The number of rotatable bonds is 6. The van der Waals surface area contributed by atoms with Gasteiger partial charge in [0.1, 0.15) is 46.0 Å². The topological polar surface area (TPSA) is 279 Å². The van der Waals surface area contributed by atoms with E-state index in [1.54, 1.807) is 49.3 Å². The fourth-order valence-electron chi connectivity index (χ4n) is 9.01. The van der Waals surface area contributed by atoms with E-state index >= 15 is 0 Å². The lowest BCUT2D eigenvalue weighted by Gasteiger charge is -2.32. The molecule has 32 heteroatoms. The number of hydrogen-bond acceptors (Lipinski definition) is 19. The van der Waals surface area contributed by atoms with Crippen LogP contribution in [0.4, 0.5) is 56.9 Å². The molecular weight excluding hydrogens is 1550 g/mol. The standard InChI is InChI=1S/C17H13F2N3OS.C13H16BFN2O2S.C13H10FN3S.C7H4BrFN2S.C6H5BrFN.C6H6BrN.C4H5FO2/c1-8-2-3-20-7-11(8)9-4-13(19)15-14(5-9)24-17(21-15)22-16(23)10-6-12(10)18;1-12(2)13(3,4)19-14(18-12)7-5-8(15)10-9(6-7)20-11(16)17-10;1-7-2-3-16-6-9(7)8-4-10(14)12-11(5-8)18-13(15)17-12;8-3-1-4(9)6-5(2-3)12-7(10)11-6;7-4-1-2-6(9)5(8)3-4;1-5-2-3-8-4-6(5)7;5-3-1-2(3)4(6)7/h2-5,7,10,12H,6H2,1H3,(H,21,22,23);5-6H,1-4H3,(H2,16,17);2-6H,1H3,(H2,15,17);1-2H,(H2,10,11);1-3H,9H2;2-4H,1H3;2-3H,1H2,(H,6,7)/t10-,12+;;;;;;2-,3+/m1.....1/s1. The molecule has 2 saturated carbocycles. The molecule has 2 aliphatic carbocycles. The molecule has 1 amide bonds. The van der Waals surface area contributed by atoms with Crippen LogP contribution in [0.3, 0.4) is 0 Å². The van der Waals surface area contributed by atoms with E-state index in [0.717, 1.165) is 41.7 Å². The normalized spacial score (nSPS) is 16.7. The first-order chi connectivity index (χ1) is 46.2. The van der Waals surface area contributed by atoms with E-state index < -0.39 is 66.0 Å². The Morgan fingerprint density at radius 3 is 1.38 bits per heavy atom. The number of nitrogens with one attached hydrogen (secondary N) is 1. The third-order valence-corrected chi connectivity index (χ3v) is 20.5. The Hall–Kier alpha value is -7.82. The average molecular weight is 1610 g/mol. The lowest BCUT2D eigenvalue weighted by molar-refractivity contribution is -0.138. The van der Waals surface area contributed by atoms with Crippen LogP contribution < -0.4 is 33.7 Å². The summed E-state index contributed by atoms with van der Waals surface area (Å²) in [7, 11) is -0.581. The lowest BCUT2D eigenvalue weighted by Crippen LogP contribution is -2.41. The molecule has 5 aromatic carbocycles. The van der Waals surface area contributed by atoms with Crippen molar-refractivity contribution >= 4 is 185 Å². The van der Waals surface area contributed by atoms with E-state index in [9.17, 15) is 40.3 Å². The second kappa shape index (κ2) is 31.6. The minimum absolute atomic E-state index is 0.179. The SMILES string of the molecule is CC1(C)OB(c2cc(F)c3nc(N)sc3c2)OC1(C)C.Cc1ccncc1-c1cc(F)c2nc(N)sc2c1.Cc1ccncc1-c1cc(F)c2nc(NC(=O)[C@@H]3C[C@@H]3F)sc2c1.Cc1ccncc1Br.Nc1ccc(Br)cc1F.Nc1nc2c(F)cc(Br)cc2s1.O=C(O)[C@@H]1C[C@@H]1F. The number of thiazole rings is 4. The molecule has 0 bridgehead atoms. The summed E-state index contributed by atoms with van der Waals surface area (Å²) in [4.78, 5) is 49.5. The lowest BCUT2D eigenvalue weighted by atomic mass is 9.79. The van der Waals surface area contributed by atoms with Gasteiger partial charge in [-0.25, -0.2) is 50.7 Å². The second-order valence-corrected chi connectivity index (χ2v) is 30.1. The average Bonchev–Trinajstić information content (AvgIpc) is 1.61. The summed E-state index contributed by atoms with van der Waals surface area (Å²) in [5.41, 5.74) is 29.5. The number of halogens is 10. The van der Waals surface area contributed by atoms with Crippen molar-refractivity contribution in [3.63, 3.8) is 0 Å². The maximum absolute atomic E-state index is 14.4. The number of nitrogens with zero attached hydrogens (tertiary/aromatic N) is 7. The Balaban J connectivity index is 0.000000139. The number of carboxylic acids is 1. The van der Waals surface area contributed by atoms with Gasteiger partial charge in [-0.1, -0.05) is 77.2 Å². The molecule has 0 spiro atoms. The van der Waals surface area contributed by atoms with Gasteiger partial charge >= 0.3 is 13.1 Å². The number of anilines is 5. The fraction of sp³-hybridized carbons (Fsp3) is 0.227. The molecular formula is C66H59BBr3F7N12O5S4. The summed E-state index contributed by atoms with van der Waals surface area (Å²) in [5.74, 6) is -4.62. The van der Waals surface area contributed by atoms with E-state index in [2.05, 4.69) is 88.0 Å². The maximum atomic E-state index is 14.4. The number of nitrogens with two attached hydrogens (primary N) is 4. The smallest absolute Gasteiger partial charge is 0.481 e. The molecule has 17 nitrogen and oxygen atoms in total. The van der Waals surface area contributed by atoms with Crippen LogP contribution in [0.2, 0.25) is 0 Å². The zero-order chi connectivity index (χ0) is 71.2. The largest absolute Gasteiger partial charge is 0.494 e. The molecule has 10 N–H and O–H groups in total. The number of pyridine rings is 3. The van der Waals surface area contributed by atoms with Gasteiger partial charge in [0.2, 0.25) is 5.91 Å². The first-order valence-corrected chi connectivity index (χ1v) is 35.0. The summed E-state index contributed by atoms with van der Waals surface area (Å²) in [6, 6.07) is 23.3. The van der Waals surface area contributed by atoms with Crippen molar-refractivity contribution in [3.05, 3.63) is 181 Å². The van der Waals surface area contributed by atoms with Crippen molar-refractivity contribution in [2.75, 3.05) is 28.3 Å².